The van der Waals surface area contributed by atoms with Crippen molar-refractivity contribution in [2.24, 2.45) is 0 Å². The number of rotatable bonds is 22. The van der Waals surface area contributed by atoms with Crippen LogP contribution in [0.4, 0.5) is 5.82 Å². The molecule has 6 atom stereocenters. The first-order valence-corrected chi connectivity index (χ1v) is 28.0. The van der Waals surface area contributed by atoms with Crippen LogP contribution in [0.1, 0.15) is 66.5 Å². The van der Waals surface area contributed by atoms with Crippen molar-refractivity contribution in [3.05, 3.63) is 204 Å². The zero-order valence-electron chi connectivity index (χ0n) is 45.7. The Bertz CT molecular complexity index is 3790. The van der Waals surface area contributed by atoms with Crippen molar-refractivity contribution < 1.29 is 42.1 Å². The molecule has 3 heterocycles. The molecule has 8 aromatic carbocycles. The fraction of sp³-hybridized carbons (Fsp3) is 0.266. The Morgan fingerprint density at radius 2 is 1.33 bits per heavy atom. The molecular formula is C64H61N7O9P+. The minimum absolute atomic E-state index is 0.0117. The number of amides is 1. The molecule has 4 unspecified atom stereocenters. The van der Waals surface area contributed by atoms with Gasteiger partial charge in [-0.2, -0.15) is 5.26 Å². The molecule has 2 aromatic heterocycles. The normalized spacial score (nSPS) is 17.2. The van der Waals surface area contributed by atoms with Crippen LogP contribution in [0.5, 0.6) is 11.5 Å². The maximum atomic E-state index is 14.7. The number of nitriles is 1. The summed E-state index contributed by atoms with van der Waals surface area (Å²) in [6.07, 6.45) is -1.48. The lowest BCUT2D eigenvalue weighted by molar-refractivity contribution is -0.0962. The number of fused-ring (bicyclic) bond motifs is 1. The van der Waals surface area contributed by atoms with Crippen LogP contribution in [0.2, 0.25) is 0 Å². The zero-order chi connectivity index (χ0) is 56.2. The summed E-state index contributed by atoms with van der Waals surface area (Å²) in [5.74, 6) is 1.10. The van der Waals surface area contributed by atoms with E-state index in [1.165, 1.54) is 6.33 Å². The smallest absolute Gasteiger partial charge is 0.497 e. The summed E-state index contributed by atoms with van der Waals surface area (Å²) >= 11 is 0. The number of nitrogens with one attached hydrogen (secondary N) is 1. The van der Waals surface area contributed by atoms with E-state index < -0.39 is 44.4 Å². The Morgan fingerprint density at radius 1 is 0.728 bits per heavy atom. The van der Waals surface area contributed by atoms with Crippen molar-refractivity contribution in [3.63, 3.8) is 0 Å². The topological polar surface area (TPSA) is 181 Å². The van der Waals surface area contributed by atoms with Crippen LogP contribution in [0.25, 0.3) is 43.5 Å². The van der Waals surface area contributed by atoms with Gasteiger partial charge in [0.05, 0.1) is 39.8 Å². The molecule has 1 aliphatic heterocycles. The van der Waals surface area contributed by atoms with Gasteiger partial charge >= 0.3 is 8.25 Å². The van der Waals surface area contributed by atoms with Crippen LogP contribution in [0.3, 0.4) is 0 Å². The van der Waals surface area contributed by atoms with Crippen LogP contribution >= 0.6 is 8.25 Å². The molecule has 1 aliphatic rings. The van der Waals surface area contributed by atoms with E-state index in [0.717, 1.165) is 54.6 Å². The third-order valence-corrected chi connectivity index (χ3v) is 15.9. The average molecular weight is 1100 g/mol. The summed E-state index contributed by atoms with van der Waals surface area (Å²) < 4.78 is 62.4. The van der Waals surface area contributed by atoms with Crippen LogP contribution in [-0.4, -0.2) is 94.2 Å². The number of benzene rings is 8. The van der Waals surface area contributed by atoms with E-state index >= 15 is 0 Å². The largest absolute Gasteiger partial charge is 0.697 e. The highest BCUT2D eigenvalue weighted by atomic mass is 31.1. The highest BCUT2D eigenvalue weighted by Crippen LogP contribution is 2.46. The van der Waals surface area contributed by atoms with Crippen LogP contribution in [-0.2, 0) is 40.0 Å². The molecule has 1 fully saturated rings. The summed E-state index contributed by atoms with van der Waals surface area (Å²) in [7, 11) is 0.269. The quantitative estimate of drug-likeness (QED) is 0.0384. The zero-order valence-corrected chi connectivity index (χ0v) is 46.6. The number of ether oxygens (including phenoxy) is 5. The number of hydrogen-bond donors (Lipinski definition) is 1. The summed E-state index contributed by atoms with van der Waals surface area (Å²) in [5, 5.41) is 20.0. The van der Waals surface area contributed by atoms with Gasteiger partial charge in [0.2, 0.25) is 0 Å². The predicted molar refractivity (Wildman–Crippen MR) is 311 cm³/mol. The Balaban J connectivity index is 1.03. The van der Waals surface area contributed by atoms with E-state index in [2.05, 4.69) is 71.0 Å². The lowest BCUT2D eigenvalue weighted by atomic mass is 9.80. The van der Waals surface area contributed by atoms with Crippen molar-refractivity contribution in [3.8, 4) is 17.6 Å². The van der Waals surface area contributed by atoms with E-state index in [9.17, 15) is 14.6 Å². The van der Waals surface area contributed by atoms with Gasteiger partial charge in [0, 0.05) is 22.2 Å². The Kier molecular flexibility index (Phi) is 16.1. The van der Waals surface area contributed by atoms with Gasteiger partial charge in [0.25, 0.3) is 5.91 Å². The number of methoxy groups -OCH3 is 2. The van der Waals surface area contributed by atoms with E-state index in [1.807, 2.05) is 118 Å². The fourth-order valence-electron chi connectivity index (χ4n) is 11.4. The van der Waals surface area contributed by atoms with E-state index in [1.54, 1.807) is 49.4 Å². The molecule has 1 amide bonds. The molecule has 1 saturated heterocycles. The number of anilines is 1. The molecule has 17 heteroatoms. The summed E-state index contributed by atoms with van der Waals surface area (Å²) in [5.41, 5.74) is 2.95. The Hall–Kier alpha value is -8.23. The molecule has 10 aromatic rings. The van der Waals surface area contributed by atoms with E-state index in [0.29, 0.717) is 22.7 Å². The molecule has 0 spiro atoms. The molecule has 0 bridgehead atoms. The highest BCUT2D eigenvalue weighted by Gasteiger charge is 2.54. The number of aromatic nitrogens is 4. The first kappa shape index (κ1) is 54.7. The van der Waals surface area contributed by atoms with Gasteiger partial charge in [-0.3, -0.25) is 14.3 Å². The third-order valence-electron chi connectivity index (χ3n) is 15.1. The van der Waals surface area contributed by atoms with Crippen molar-refractivity contribution in [1.29, 1.82) is 5.26 Å². The van der Waals surface area contributed by atoms with Gasteiger partial charge in [-0.05, 0) is 119 Å². The lowest BCUT2D eigenvalue weighted by Gasteiger charge is -2.37. The number of imidazole rings is 1. The molecule has 0 radical (unpaired) electrons. The van der Waals surface area contributed by atoms with Crippen LogP contribution in [0, 0.1) is 11.3 Å². The Morgan fingerprint density at radius 3 is 1.96 bits per heavy atom. The third kappa shape index (κ3) is 10.8. The SMILES string of the molecule is COc1ccc(C(OC[C@H]2O[C@@H](n3cnc4c(NC(=O)c5ccccc5)ncnc43)C(OCc3ccc4ccc5cccc6ccc3c4c56)C2O[P+](=O)OCC(C#N)N(C(C)C)C(C)C)(c2ccccc2)c2ccc(OC)cc2)cc1. The minimum atomic E-state index is -2.97. The van der Waals surface area contributed by atoms with Gasteiger partial charge < -0.3 is 29.0 Å². The number of hydrogen-bond acceptors (Lipinski definition) is 14. The first-order chi connectivity index (χ1) is 39.5. The molecule has 410 valence electrons. The minimum Gasteiger partial charge on any atom is -0.497 e. The highest BCUT2D eigenvalue weighted by molar-refractivity contribution is 7.33. The molecule has 81 heavy (non-hydrogen) atoms. The molecular weight excluding hydrogens is 1040 g/mol. The van der Waals surface area contributed by atoms with Gasteiger partial charge in [-0.25, -0.2) is 15.0 Å². The number of nitrogens with zero attached hydrogens (tertiary/aromatic N) is 6. The lowest BCUT2D eigenvalue weighted by Crippen LogP contribution is -2.46. The number of carbonyl (C=O) groups is 1. The number of carbonyl (C=O) groups excluding carboxylic acids is 1. The van der Waals surface area contributed by atoms with E-state index in [-0.39, 0.29) is 49.1 Å². The first-order valence-electron chi connectivity index (χ1n) is 26.9. The second kappa shape index (κ2) is 23.8. The fourth-order valence-corrected chi connectivity index (χ4v) is 12.2. The molecule has 11 rings (SSSR count). The van der Waals surface area contributed by atoms with Crippen molar-refractivity contribution in [1.82, 2.24) is 24.4 Å². The van der Waals surface area contributed by atoms with Crippen molar-refractivity contribution in [2.75, 3.05) is 32.8 Å². The molecule has 0 aliphatic carbocycles. The van der Waals surface area contributed by atoms with E-state index in [4.69, 9.17) is 42.7 Å². The van der Waals surface area contributed by atoms with Gasteiger partial charge in [-0.15, -0.1) is 9.05 Å². The summed E-state index contributed by atoms with van der Waals surface area (Å²) in [6.45, 7) is 7.69. The second-order valence-corrected chi connectivity index (χ2v) is 21.4. The monoisotopic (exact) mass is 1100 g/mol. The van der Waals surface area contributed by atoms with Crippen molar-refractivity contribution in [2.45, 2.75) is 82.6 Å². The van der Waals surface area contributed by atoms with Gasteiger partial charge in [0.1, 0.15) is 48.3 Å². The maximum absolute atomic E-state index is 14.7. The van der Waals surface area contributed by atoms with Crippen LogP contribution < -0.4 is 14.8 Å². The average Bonchev–Trinajstić information content (AvgIpc) is 4.12. The molecule has 16 nitrogen and oxygen atoms in total. The molecule has 1 N–H and O–H groups in total. The van der Waals surface area contributed by atoms with Gasteiger partial charge in [0.15, 0.2) is 29.3 Å². The summed E-state index contributed by atoms with van der Waals surface area (Å²) in [6, 6.07) is 54.6. The second-order valence-electron chi connectivity index (χ2n) is 20.5. The van der Waals surface area contributed by atoms with Crippen molar-refractivity contribution >= 4 is 63.5 Å². The maximum Gasteiger partial charge on any atom is 0.697 e. The Labute approximate surface area is 470 Å². The van der Waals surface area contributed by atoms with Crippen LogP contribution in [0.15, 0.2) is 176 Å². The van der Waals surface area contributed by atoms with Gasteiger partial charge in [-0.1, -0.05) is 127 Å². The molecule has 0 saturated carbocycles. The predicted octanol–water partition coefficient (Wildman–Crippen LogP) is 12.6. The standard InChI is InChI=1S/C64H60N7O9P/c1-40(2)71(41(3)4)50(34-65)36-78-81(73)80-58-54(37-77-64(47-18-11-8-12-19-47,48-25-29-51(74-5)30-26-48)49-27-31-52(75-6)32-28-49)79-63(70-39-68-57-60(66-38-67-61(57)70)69-62(72)45-14-9-7-10-15-45)59(58)76-35-46-23-22-44-21-20-42-16-13-17-43-24-33-53(46)56(44)55(42)43/h7-33,38-41,50,54,58-59,63H,35-37H2,1-6H3/p+1/t50?,54-,58?,59?,63-/m1/s1. The summed E-state index contributed by atoms with van der Waals surface area (Å²) in [4.78, 5) is 29.5.